The predicted octanol–water partition coefficient (Wildman–Crippen LogP) is 2.10. The van der Waals surface area contributed by atoms with Gasteiger partial charge >= 0.3 is 5.97 Å². The number of fused-ring (bicyclic) bond motifs is 8. The minimum Gasteiger partial charge on any atom is -0.459 e. The Bertz CT molecular complexity index is 1230. The zero-order valence-electron chi connectivity index (χ0n) is 25.7. The lowest BCUT2D eigenvalue weighted by molar-refractivity contribution is -0.391. The van der Waals surface area contributed by atoms with Gasteiger partial charge in [0, 0.05) is 31.0 Å². The summed E-state index contributed by atoms with van der Waals surface area (Å²) < 4.78 is 24.9. The Morgan fingerprint density at radius 1 is 1.10 bits per heavy atom. The minimum atomic E-state index is -2.46. The lowest BCUT2D eigenvalue weighted by Crippen LogP contribution is -2.81. The van der Waals surface area contributed by atoms with Gasteiger partial charge in [0.05, 0.1) is 29.6 Å². The number of ketones is 2. The van der Waals surface area contributed by atoms with Crippen molar-refractivity contribution in [3.8, 4) is 0 Å². The van der Waals surface area contributed by atoms with Gasteiger partial charge in [-0.1, -0.05) is 33.8 Å². The summed E-state index contributed by atoms with van der Waals surface area (Å²) in [5, 5.41) is 37.2. The fourth-order valence-electron chi connectivity index (χ4n) is 10.7. The molecule has 3 N–H and O–H groups in total. The van der Waals surface area contributed by atoms with E-state index in [1.165, 1.54) is 13.2 Å². The zero-order chi connectivity index (χ0) is 30.8. The molecular weight excluding hydrogens is 544 g/mol. The highest BCUT2D eigenvalue weighted by molar-refractivity contribution is 5.97. The quantitative estimate of drug-likeness (QED) is 0.416. The van der Waals surface area contributed by atoms with E-state index in [2.05, 4.69) is 0 Å². The van der Waals surface area contributed by atoms with Crippen LogP contribution in [0.2, 0.25) is 0 Å². The molecule has 6 rings (SSSR count). The highest BCUT2D eigenvalue weighted by atomic mass is 16.7. The van der Waals surface area contributed by atoms with Gasteiger partial charge in [-0.05, 0) is 63.4 Å². The highest BCUT2D eigenvalue weighted by Crippen LogP contribution is 2.72. The van der Waals surface area contributed by atoms with Crippen molar-refractivity contribution in [1.82, 2.24) is 0 Å². The third-order valence-corrected chi connectivity index (χ3v) is 13.1. The van der Waals surface area contributed by atoms with Crippen LogP contribution in [-0.4, -0.2) is 87.5 Å². The van der Waals surface area contributed by atoms with E-state index in [0.717, 1.165) is 0 Å². The van der Waals surface area contributed by atoms with Gasteiger partial charge in [-0.25, -0.2) is 0 Å². The molecule has 3 saturated heterocycles. The Morgan fingerprint density at radius 3 is 2.40 bits per heavy atom. The molecule has 10 heteroatoms. The summed E-state index contributed by atoms with van der Waals surface area (Å²) in [6, 6.07) is 0. The molecule has 10 nitrogen and oxygen atoms in total. The summed E-state index contributed by atoms with van der Waals surface area (Å²) in [7, 11) is 1.53. The number of rotatable bonds is 4. The van der Waals surface area contributed by atoms with Crippen molar-refractivity contribution in [2.45, 2.75) is 115 Å². The number of aliphatic hydroxyl groups excluding tert-OH is 1. The predicted molar refractivity (Wildman–Crippen MR) is 148 cm³/mol. The first-order valence-electron chi connectivity index (χ1n) is 15.5. The monoisotopic (exact) mass is 590 g/mol. The standard InChI is InChI=1S/C32H46O10/c1-8-30(37)13-12-17-18(14-19(33)23-20(39-7)10-11-21(34)28(17,23)5)31(38)25(35)24-27(4)15-22(41-26(36)16(27)3)29(6,40-9-2)32(24,30)42-31/h10-11,16-20,22-24,33,37-38H,8-9,12-15H2,1-7H3/t16-,17?,18?,19?,20+,22?,23?,24?,27+,28-,29-,30-,31+,32-/m0/s1. The first-order valence-corrected chi connectivity index (χ1v) is 15.5. The van der Waals surface area contributed by atoms with Crippen LogP contribution in [0.25, 0.3) is 0 Å². The van der Waals surface area contributed by atoms with Crippen LogP contribution in [-0.2, 0) is 33.3 Å². The van der Waals surface area contributed by atoms with Gasteiger partial charge in [-0.2, -0.15) is 0 Å². The molecule has 6 unspecified atom stereocenters. The third-order valence-electron chi connectivity index (χ3n) is 13.1. The second-order valence-corrected chi connectivity index (χ2v) is 14.4. The van der Waals surface area contributed by atoms with Crippen molar-refractivity contribution in [1.29, 1.82) is 0 Å². The topological polar surface area (TPSA) is 149 Å². The molecule has 3 aliphatic carbocycles. The largest absolute Gasteiger partial charge is 0.459 e. The van der Waals surface area contributed by atoms with E-state index in [4.69, 9.17) is 18.9 Å². The van der Waals surface area contributed by atoms with E-state index < -0.39 is 93.1 Å². The summed E-state index contributed by atoms with van der Waals surface area (Å²) >= 11 is 0. The van der Waals surface area contributed by atoms with Gasteiger partial charge in [0.25, 0.3) is 0 Å². The Hall–Kier alpha value is -1.69. The fourth-order valence-corrected chi connectivity index (χ4v) is 10.7. The maximum Gasteiger partial charge on any atom is 0.309 e. The Labute approximate surface area is 247 Å². The van der Waals surface area contributed by atoms with Crippen molar-refractivity contribution in [2.75, 3.05) is 13.7 Å². The number of hydrogen-bond acceptors (Lipinski definition) is 10. The summed E-state index contributed by atoms with van der Waals surface area (Å²) in [4.78, 5) is 42.0. The van der Waals surface area contributed by atoms with Gasteiger partial charge in [0.2, 0.25) is 5.79 Å². The fraction of sp³-hybridized carbons (Fsp3) is 0.844. The molecule has 0 amide bonds. The number of methoxy groups -OCH3 is 1. The maximum absolute atomic E-state index is 15.0. The van der Waals surface area contributed by atoms with E-state index in [9.17, 15) is 24.9 Å². The molecule has 3 aliphatic heterocycles. The lowest BCUT2D eigenvalue weighted by atomic mass is 9.45. The van der Waals surface area contributed by atoms with Crippen LogP contribution < -0.4 is 0 Å². The van der Waals surface area contributed by atoms with E-state index in [0.29, 0.717) is 6.42 Å². The van der Waals surface area contributed by atoms with Gasteiger partial charge in [-0.15, -0.1) is 0 Å². The molecule has 1 spiro atoms. The number of aliphatic hydroxyl groups is 3. The first kappa shape index (κ1) is 30.3. The normalized spacial score (nSPS) is 56.6. The smallest absolute Gasteiger partial charge is 0.309 e. The molecule has 234 valence electrons. The lowest BCUT2D eigenvalue weighted by Gasteiger charge is -2.67. The maximum atomic E-state index is 15.0. The zero-order valence-corrected chi connectivity index (χ0v) is 25.7. The molecule has 0 radical (unpaired) electrons. The molecular formula is C32H46O10. The number of carbonyl (C=O) groups excluding carboxylic acids is 3. The van der Waals surface area contributed by atoms with E-state index in [1.54, 1.807) is 33.8 Å². The number of Topliss-reactive ketones (excluding diaryl/α,β-unsaturated/α-hetero) is 1. The summed E-state index contributed by atoms with van der Waals surface area (Å²) in [6.45, 7) is 10.9. The summed E-state index contributed by atoms with van der Waals surface area (Å²) in [6.07, 6.45) is 1.57. The number of esters is 1. The van der Waals surface area contributed by atoms with Gasteiger partial charge in [0.15, 0.2) is 11.6 Å². The van der Waals surface area contributed by atoms with Crippen molar-refractivity contribution in [2.24, 2.45) is 40.4 Å². The average Bonchev–Trinajstić information content (AvgIpc) is 3.21. The van der Waals surface area contributed by atoms with Crippen LogP contribution in [0.4, 0.5) is 0 Å². The number of hydrogen-bond donors (Lipinski definition) is 3. The number of allylic oxidation sites excluding steroid dienone is 1. The number of ether oxygens (including phenoxy) is 4. The SMILES string of the molecule is CCO[C@@]1(C)C2C[C@@](C)(C3C(=O)[C@]4(O)O[C@@]31[C@](O)(CC)CCC1C4CC(O)C3[C@H](OC)C=CC(=O)[C@]13C)[C@@H](C)C(=O)O2. The minimum absolute atomic E-state index is 0.00201. The summed E-state index contributed by atoms with van der Waals surface area (Å²) in [5.41, 5.74) is -7.18. The van der Waals surface area contributed by atoms with Crippen molar-refractivity contribution >= 4 is 17.5 Å². The molecule has 0 aromatic rings. The molecule has 0 aromatic carbocycles. The molecule has 0 aromatic heterocycles. The van der Waals surface area contributed by atoms with Crippen molar-refractivity contribution in [3.63, 3.8) is 0 Å². The van der Waals surface area contributed by atoms with Crippen LogP contribution in [0.5, 0.6) is 0 Å². The van der Waals surface area contributed by atoms with Crippen LogP contribution >= 0.6 is 0 Å². The molecule has 42 heavy (non-hydrogen) atoms. The van der Waals surface area contributed by atoms with Crippen molar-refractivity contribution in [3.05, 3.63) is 12.2 Å². The van der Waals surface area contributed by atoms with E-state index in [1.807, 2.05) is 13.8 Å². The van der Waals surface area contributed by atoms with Gasteiger partial charge in [-0.3, -0.25) is 14.4 Å². The van der Waals surface area contributed by atoms with Gasteiger partial charge < -0.3 is 34.3 Å². The van der Waals surface area contributed by atoms with Crippen LogP contribution in [0, 0.1) is 40.4 Å². The van der Waals surface area contributed by atoms with Crippen molar-refractivity contribution < 1.29 is 48.7 Å². The summed E-state index contributed by atoms with van der Waals surface area (Å²) in [5.74, 6) is -7.79. The second kappa shape index (κ2) is 9.17. The van der Waals surface area contributed by atoms with Crippen LogP contribution in [0.15, 0.2) is 12.2 Å². The van der Waals surface area contributed by atoms with Crippen LogP contribution in [0.3, 0.4) is 0 Å². The molecule has 5 fully saturated rings. The molecule has 6 aliphatic rings. The Kier molecular flexibility index (Phi) is 6.63. The molecule has 2 saturated carbocycles. The van der Waals surface area contributed by atoms with E-state index in [-0.39, 0.29) is 38.1 Å². The van der Waals surface area contributed by atoms with Gasteiger partial charge in [0.1, 0.15) is 17.3 Å². The Morgan fingerprint density at radius 2 is 1.79 bits per heavy atom. The number of carbonyl (C=O) groups is 3. The molecule has 3 heterocycles. The first-order chi connectivity index (χ1) is 19.6. The van der Waals surface area contributed by atoms with Crippen LogP contribution in [0.1, 0.15) is 73.6 Å². The van der Waals surface area contributed by atoms with E-state index >= 15 is 4.79 Å². The average molecular weight is 591 g/mol. The Balaban J connectivity index is 1.62. The molecule has 4 bridgehead atoms. The molecule has 14 atom stereocenters. The third kappa shape index (κ3) is 3.19. The second-order valence-electron chi connectivity index (χ2n) is 14.4. The highest BCUT2D eigenvalue weighted by Gasteiger charge is 2.86.